The van der Waals surface area contributed by atoms with Gasteiger partial charge in [-0.15, -0.1) is 0 Å². The number of halogens is 1. The van der Waals surface area contributed by atoms with Gasteiger partial charge in [0.05, 0.1) is 9.40 Å². The second-order valence-corrected chi connectivity index (χ2v) is 5.21. The summed E-state index contributed by atoms with van der Waals surface area (Å²) in [5.41, 5.74) is 1.06. The summed E-state index contributed by atoms with van der Waals surface area (Å²) in [6.45, 7) is 5.99. The molecule has 0 bridgehead atoms. The van der Waals surface area contributed by atoms with Gasteiger partial charge in [-0.05, 0) is 40.0 Å². The van der Waals surface area contributed by atoms with Crippen molar-refractivity contribution in [2.24, 2.45) is 5.92 Å². The molecule has 0 aliphatic rings. The van der Waals surface area contributed by atoms with Gasteiger partial charge < -0.3 is 5.32 Å². The summed E-state index contributed by atoms with van der Waals surface area (Å²) in [4.78, 5) is 10.4. The predicted octanol–water partition coefficient (Wildman–Crippen LogP) is 3.88. The van der Waals surface area contributed by atoms with Crippen LogP contribution in [0.2, 0.25) is 0 Å². The minimum absolute atomic E-state index is 0.122. The molecule has 0 radical (unpaired) electrons. The Labute approximate surface area is 116 Å². The van der Waals surface area contributed by atoms with Gasteiger partial charge >= 0.3 is 0 Å². The zero-order valence-electron chi connectivity index (χ0n) is 10.8. The van der Waals surface area contributed by atoms with Gasteiger partial charge in [0.2, 0.25) is 0 Å². The van der Waals surface area contributed by atoms with Gasteiger partial charge in [-0.25, -0.2) is 0 Å². The van der Waals surface area contributed by atoms with E-state index in [9.17, 15) is 10.1 Å². The second-order valence-electron chi connectivity index (χ2n) is 4.36. The summed E-state index contributed by atoms with van der Waals surface area (Å²) < 4.78 is 0.524. The summed E-state index contributed by atoms with van der Waals surface area (Å²) in [5, 5.41) is 14.2. The molecule has 0 spiro atoms. The lowest BCUT2D eigenvalue weighted by Crippen LogP contribution is -2.21. The van der Waals surface area contributed by atoms with Crippen molar-refractivity contribution in [1.82, 2.24) is 5.32 Å². The molecule has 0 saturated heterocycles. The first-order valence-corrected chi connectivity index (χ1v) is 7.01. The number of benzene rings is 1. The Kier molecular flexibility index (Phi) is 6.29. The van der Waals surface area contributed by atoms with E-state index in [1.54, 1.807) is 12.1 Å². The SMILES string of the molecule is CCC(CC)CNCc1ccc(Br)c([N+](=O)[O-])c1. The van der Waals surface area contributed by atoms with Crippen LogP contribution in [0, 0.1) is 16.0 Å². The highest BCUT2D eigenvalue weighted by atomic mass is 79.9. The Balaban J connectivity index is 2.58. The first-order valence-electron chi connectivity index (χ1n) is 6.22. The Bertz CT molecular complexity index is 406. The summed E-state index contributed by atoms with van der Waals surface area (Å²) in [6.07, 6.45) is 2.31. The van der Waals surface area contributed by atoms with Crippen molar-refractivity contribution in [3.05, 3.63) is 38.3 Å². The van der Waals surface area contributed by atoms with Crippen LogP contribution < -0.4 is 5.32 Å². The Morgan fingerprint density at radius 1 is 1.39 bits per heavy atom. The van der Waals surface area contributed by atoms with Crippen LogP contribution in [0.15, 0.2) is 22.7 Å². The maximum atomic E-state index is 10.8. The molecule has 5 heteroatoms. The van der Waals surface area contributed by atoms with Gasteiger partial charge in [0.1, 0.15) is 0 Å². The van der Waals surface area contributed by atoms with Crippen LogP contribution in [0.25, 0.3) is 0 Å². The van der Waals surface area contributed by atoms with E-state index < -0.39 is 0 Å². The van der Waals surface area contributed by atoms with Gasteiger partial charge in [-0.1, -0.05) is 32.8 Å². The normalized spacial score (nSPS) is 10.9. The third-order valence-corrected chi connectivity index (χ3v) is 3.79. The zero-order chi connectivity index (χ0) is 13.5. The molecule has 0 saturated carbocycles. The monoisotopic (exact) mass is 314 g/mol. The van der Waals surface area contributed by atoms with Crippen molar-refractivity contribution in [3.63, 3.8) is 0 Å². The summed E-state index contributed by atoms with van der Waals surface area (Å²) in [6, 6.07) is 5.24. The van der Waals surface area contributed by atoms with Crippen LogP contribution in [0.4, 0.5) is 5.69 Å². The van der Waals surface area contributed by atoms with Gasteiger partial charge in [0.15, 0.2) is 0 Å². The molecule has 1 aromatic rings. The van der Waals surface area contributed by atoms with E-state index >= 15 is 0 Å². The van der Waals surface area contributed by atoms with Crippen molar-refractivity contribution in [1.29, 1.82) is 0 Å². The largest absolute Gasteiger partial charge is 0.312 e. The molecule has 100 valence electrons. The number of rotatable bonds is 7. The second kappa shape index (κ2) is 7.48. The molecular formula is C13H19BrN2O2. The summed E-state index contributed by atoms with van der Waals surface area (Å²) >= 11 is 3.18. The van der Waals surface area contributed by atoms with Gasteiger partial charge in [0, 0.05) is 12.6 Å². The number of hydrogen-bond donors (Lipinski definition) is 1. The number of nitro benzene ring substituents is 1. The molecule has 1 N–H and O–H groups in total. The van der Waals surface area contributed by atoms with Crippen LogP contribution in [0.1, 0.15) is 32.3 Å². The number of nitrogens with zero attached hydrogens (tertiary/aromatic N) is 1. The van der Waals surface area contributed by atoms with E-state index in [0.717, 1.165) is 24.9 Å². The first kappa shape index (κ1) is 15.1. The van der Waals surface area contributed by atoms with E-state index in [2.05, 4.69) is 35.1 Å². The Morgan fingerprint density at radius 2 is 2.06 bits per heavy atom. The minimum Gasteiger partial charge on any atom is -0.312 e. The molecule has 1 aromatic carbocycles. The fourth-order valence-electron chi connectivity index (χ4n) is 1.81. The average Bonchev–Trinajstić information content (AvgIpc) is 2.36. The molecule has 0 fully saturated rings. The number of nitro groups is 1. The quantitative estimate of drug-likeness (QED) is 0.613. The summed E-state index contributed by atoms with van der Waals surface area (Å²) in [7, 11) is 0. The van der Waals surface area contributed by atoms with Crippen molar-refractivity contribution >= 4 is 21.6 Å². The standard InChI is InChI=1S/C13H19BrN2O2/c1-3-10(4-2)8-15-9-11-5-6-12(14)13(7-11)16(17)18/h5-7,10,15H,3-4,8-9H2,1-2H3. The van der Waals surface area contributed by atoms with Crippen molar-refractivity contribution in [2.45, 2.75) is 33.2 Å². The Hall–Kier alpha value is -0.940. The van der Waals surface area contributed by atoms with E-state index in [0.29, 0.717) is 16.9 Å². The lowest BCUT2D eigenvalue weighted by atomic mass is 10.0. The fourth-order valence-corrected chi connectivity index (χ4v) is 2.20. The van der Waals surface area contributed by atoms with Crippen molar-refractivity contribution in [3.8, 4) is 0 Å². The molecule has 0 aliphatic carbocycles. The number of nitrogens with one attached hydrogen (secondary N) is 1. The van der Waals surface area contributed by atoms with Crippen LogP contribution >= 0.6 is 15.9 Å². The predicted molar refractivity (Wildman–Crippen MR) is 76.6 cm³/mol. The first-order chi connectivity index (χ1) is 8.58. The molecular weight excluding hydrogens is 296 g/mol. The maximum Gasteiger partial charge on any atom is 0.283 e. The van der Waals surface area contributed by atoms with Crippen LogP contribution in [0.3, 0.4) is 0 Å². The topological polar surface area (TPSA) is 55.2 Å². The van der Waals surface area contributed by atoms with E-state index in [-0.39, 0.29) is 10.6 Å². The highest BCUT2D eigenvalue weighted by Gasteiger charge is 2.12. The third-order valence-electron chi connectivity index (χ3n) is 3.12. The molecule has 0 heterocycles. The maximum absolute atomic E-state index is 10.8. The molecule has 0 amide bonds. The van der Waals surface area contributed by atoms with Gasteiger partial charge in [-0.3, -0.25) is 10.1 Å². The average molecular weight is 315 g/mol. The molecule has 0 unspecified atom stereocenters. The highest BCUT2D eigenvalue weighted by molar-refractivity contribution is 9.10. The Morgan fingerprint density at radius 3 is 2.61 bits per heavy atom. The van der Waals surface area contributed by atoms with E-state index in [1.807, 2.05) is 6.07 Å². The molecule has 0 atom stereocenters. The smallest absolute Gasteiger partial charge is 0.283 e. The van der Waals surface area contributed by atoms with Gasteiger partial charge in [0.25, 0.3) is 5.69 Å². The van der Waals surface area contributed by atoms with E-state index in [1.165, 1.54) is 0 Å². The lowest BCUT2D eigenvalue weighted by Gasteiger charge is -2.13. The minimum atomic E-state index is -0.367. The van der Waals surface area contributed by atoms with Crippen LogP contribution in [0.5, 0.6) is 0 Å². The molecule has 0 aromatic heterocycles. The van der Waals surface area contributed by atoms with Gasteiger partial charge in [-0.2, -0.15) is 0 Å². The molecule has 18 heavy (non-hydrogen) atoms. The van der Waals surface area contributed by atoms with Crippen LogP contribution in [-0.4, -0.2) is 11.5 Å². The van der Waals surface area contributed by atoms with Crippen molar-refractivity contribution in [2.75, 3.05) is 6.54 Å². The summed E-state index contributed by atoms with van der Waals surface area (Å²) in [5.74, 6) is 0.676. The molecule has 1 rings (SSSR count). The van der Waals surface area contributed by atoms with E-state index in [4.69, 9.17) is 0 Å². The number of hydrogen-bond acceptors (Lipinski definition) is 3. The highest BCUT2D eigenvalue weighted by Crippen LogP contribution is 2.25. The van der Waals surface area contributed by atoms with Crippen molar-refractivity contribution < 1.29 is 4.92 Å². The molecule has 0 aliphatic heterocycles. The zero-order valence-corrected chi connectivity index (χ0v) is 12.4. The third kappa shape index (κ3) is 4.38. The lowest BCUT2D eigenvalue weighted by molar-refractivity contribution is -0.385. The molecule has 4 nitrogen and oxygen atoms in total. The fraction of sp³-hybridized carbons (Fsp3) is 0.538. The van der Waals surface area contributed by atoms with Crippen LogP contribution in [-0.2, 0) is 6.54 Å².